The molecule has 0 amide bonds. The van der Waals surface area contributed by atoms with Crippen LogP contribution in [0.15, 0.2) is 0 Å². The Bertz CT molecular complexity index is 381. The number of hydrogen-bond donors (Lipinski definition) is 2. The summed E-state index contributed by atoms with van der Waals surface area (Å²) >= 11 is 0. The molecule has 104 valence electrons. The first-order chi connectivity index (χ1) is 8.44. The summed E-state index contributed by atoms with van der Waals surface area (Å²) in [4.78, 5) is 0. The minimum absolute atomic E-state index is 0.152. The third-order valence-electron chi connectivity index (χ3n) is 3.22. The summed E-state index contributed by atoms with van der Waals surface area (Å²) in [6.07, 6.45) is 5.23. The Hall–Kier alpha value is -0.640. The Kier molecular flexibility index (Phi) is 6.06. The fraction of sp³-hybridized carbons (Fsp3) is 0.917. The van der Waals surface area contributed by atoms with Gasteiger partial charge in [-0.05, 0) is 24.7 Å². The van der Waals surface area contributed by atoms with Crippen molar-refractivity contribution in [2.45, 2.75) is 52.0 Å². The van der Waals surface area contributed by atoms with Crippen molar-refractivity contribution >= 4 is 10.2 Å². The van der Waals surface area contributed by atoms with Gasteiger partial charge in [-0.1, -0.05) is 33.1 Å². The summed E-state index contributed by atoms with van der Waals surface area (Å²) in [5, 5.41) is 9.11. The summed E-state index contributed by atoms with van der Waals surface area (Å²) in [7, 11) is -3.56. The minimum atomic E-state index is -3.56. The lowest BCUT2D eigenvalue weighted by molar-refractivity contribution is 0.323. The van der Waals surface area contributed by atoms with E-state index in [9.17, 15) is 8.42 Å². The molecule has 5 nitrogen and oxygen atoms in total. The van der Waals surface area contributed by atoms with E-state index in [1.807, 2.05) is 13.8 Å². The van der Waals surface area contributed by atoms with Gasteiger partial charge in [-0.2, -0.15) is 18.4 Å². The molecule has 0 heterocycles. The molecule has 1 saturated carbocycles. The number of hydrogen-bond acceptors (Lipinski definition) is 3. The Labute approximate surface area is 110 Å². The van der Waals surface area contributed by atoms with Crippen LogP contribution in [0.4, 0.5) is 0 Å². The molecule has 18 heavy (non-hydrogen) atoms. The number of nitrogens with zero attached hydrogens (tertiary/aromatic N) is 1. The molecule has 0 aromatic rings. The molecule has 0 bridgehead atoms. The number of nitriles is 1. The summed E-state index contributed by atoms with van der Waals surface area (Å²) < 4.78 is 28.5. The highest BCUT2D eigenvalue weighted by Crippen LogP contribution is 2.26. The van der Waals surface area contributed by atoms with E-state index in [0.29, 0.717) is 6.54 Å². The zero-order valence-electron chi connectivity index (χ0n) is 11.1. The molecular formula is C12H23N3O2S. The van der Waals surface area contributed by atoms with Crippen LogP contribution in [0.3, 0.4) is 0 Å². The van der Waals surface area contributed by atoms with E-state index in [1.165, 1.54) is 6.42 Å². The molecule has 6 heteroatoms. The van der Waals surface area contributed by atoms with E-state index < -0.39 is 16.3 Å². The van der Waals surface area contributed by atoms with E-state index in [-0.39, 0.29) is 11.8 Å². The first kappa shape index (κ1) is 15.4. The fourth-order valence-corrected chi connectivity index (χ4v) is 3.40. The zero-order valence-corrected chi connectivity index (χ0v) is 12.0. The molecular weight excluding hydrogens is 250 g/mol. The molecule has 0 aliphatic heterocycles. The van der Waals surface area contributed by atoms with Gasteiger partial charge in [0.15, 0.2) is 0 Å². The van der Waals surface area contributed by atoms with Gasteiger partial charge in [0.2, 0.25) is 0 Å². The molecule has 1 aliphatic rings. The third-order valence-corrected chi connectivity index (χ3v) is 4.33. The molecule has 2 N–H and O–H groups in total. The summed E-state index contributed by atoms with van der Waals surface area (Å²) in [6, 6.07) is 1.48. The smallest absolute Gasteiger partial charge is 0.202 e. The topological polar surface area (TPSA) is 82.0 Å². The molecule has 1 fully saturated rings. The molecule has 1 atom stereocenters. The van der Waals surface area contributed by atoms with Crippen molar-refractivity contribution in [3.63, 3.8) is 0 Å². The van der Waals surface area contributed by atoms with Gasteiger partial charge in [0.25, 0.3) is 10.2 Å². The van der Waals surface area contributed by atoms with Crippen LogP contribution < -0.4 is 9.44 Å². The van der Waals surface area contributed by atoms with Gasteiger partial charge in [-0.15, -0.1) is 0 Å². The SMILES string of the molecule is CC(C)CNS(=O)(=O)NC(C#N)C1CCCCC1. The first-order valence-electron chi connectivity index (χ1n) is 6.61. The van der Waals surface area contributed by atoms with Crippen LogP contribution >= 0.6 is 0 Å². The van der Waals surface area contributed by atoms with E-state index >= 15 is 0 Å². The monoisotopic (exact) mass is 273 g/mol. The predicted molar refractivity (Wildman–Crippen MR) is 70.9 cm³/mol. The van der Waals surface area contributed by atoms with Crippen LogP contribution in [0.25, 0.3) is 0 Å². The average molecular weight is 273 g/mol. The third kappa shape index (κ3) is 5.34. The fourth-order valence-electron chi connectivity index (χ4n) is 2.18. The Morgan fingerprint density at radius 1 is 1.28 bits per heavy atom. The van der Waals surface area contributed by atoms with Gasteiger partial charge in [0, 0.05) is 6.54 Å². The number of rotatable bonds is 6. The summed E-state index contributed by atoms with van der Waals surface area (Å²) in [5.41, 5.74) is 0. The van der Waals surface area contributed by atoms with Gasteiger partial charge in [-0.25, -0.2) is 4.72 Å². The lowest BCUT2D eigenvalue weighted by atomic mass is 9.85. The minimum Gasteiger partial charge on any atom is -0.202 e. The first-order valence-corrected chi connectivity index (χ1v) is 8.09. The molecule has 0 aromatic heterocycles. The molecule has 0 saturated heterocycles. The Balaban J connectivity index is 2.54. The van der Waals surface area contributed by atoms with Crippen LogP contribution in [-0.4, -0.2) is 21.0 Å². The highest BCUT2D eigenvalue weighted by Gasteiger charge is 2.27. The quantitative estimate of drug-likeness (QED) is 0.770. The molecule has 0 spiro atoms. The van der Waals surface area contributed by atoms with Crippen LogP contribution in [0.5, 0.6) is 0 Å². The van der Waals surface area contributed by atoms with Crippen molar-refractivity contribution in [1.82, 2.24) is 9.44 Å². The summed E-state index contributed by atoms with van der Waals surface area (Å²) in [6.45, 7) is 4.26. The molecule has 1 unspecified atom stereocenters. The van der Waals surface area contributed by atoms with Crippen molar-refractivity contribution < 1.29 is 8.42 Å². The normalized spacial score (nSPS) is 19.7. The summed E-state index contributed by atoms with van der Waals surface area (Å²) in [5.74, 6) is 0.399. The van der Waals surface area contributed by atoms with E-state index in [0.717, 1.165) is 25.7 Å². The largest absolute Gasteiger partial charge is 0.278 e. The van der Waals surface area contributed by atoms with Crippen LogP contribution in [0, 0.1) is 23.2 Å². The predicted octanol–water partition coefficient (Wildman–Crippen LogP) is 1.54. The van der Waals surface area contributed by atoms with Crippen LogP contribution in [0.2, 0.25) is 0 Å². The second-order valence-electron chi connectivity index (χ2n) is 5.37. The maximum absolute atomic E-state index is 11.8. The molecule has 0 aromatic carbocycles. The van der Waals surface area contributed by atoms with Gasteiger partial charge in [-0.3, -0.25) is 0 Å². The van der Waals surface area contributed by atoms with E-state index in [1.54, 1.807) is 0 Å². The second-order valence-corrected chi connectivity index (χ2v) is 6.90. The van der Waals surface area contributed by atoms with Gasteiger partial charge in [0.1, 0.15) is 6.04 Å². The molecule has 0 radical (unpaired) electrons. The standard InChI is InChI=1S/C12H23N3O2S/c1-10(2)9-14-18(16,17)15-12(8-13)11-6-4-3-5-7-11/h10-12,14-15H,3-7,9H2,1-2H3. The van der Waals surface area contributed by atoms with Crippen molar-refractivity contribution in [1.29, 1.82) is 5.26 Å². The van der Waals surface area contributed by atoms with Crippen molar-refractivity contribution in [3.05, 3.63) is 0 Å². The maximum Gasteiger partial charge on any atom is 0.278 e. The number of nitrogens with one attached hydrogen (secondary N) is 2. The van der Waals surface area contributed by atoms with Crippen molar-refractivity contribution in [3.8, 4) is 6.07 Å². The zero-order chi connectivity index (χ0) is 13.6. The highest BCUT2D eigenvalue weighted by molar-refractivity contribution is 7.87. The van der Waals surface area contributed by atoms with Crippen LogP contribution in [-0.2, 0) is 10.2 Å². The average Bonchev–Trinajstić information content (AvgIpc) is 2.35. The highest BCUT2D eigenvalue weighted by atomic mass is 32.2. The van der Waals surface area contributed by atoms with Gasteiger partial charge < -0.3 is 0 Å². The van der Waals surface area contributed by atoms with Gasteiger partial charge in [0.05, 0.1) is 6.07 Å². The lowest BCUT2D eigenvalue weighted by Crippen LogP contribution is -2.46. The van der Waals surface area contributed by atoms with Crippen LogP contribution in [0.1, 0.15) is 46.0 Å². The second kappa shape index (κ2) is 7.07. The van der Waals surface area contributed by atoms with Crippen molar-refractivity contribution in [2.75, 3.05) is 6.54 Å². The Morgan fingerprint density at radius 3 is 2.39 bits per heavy atom. The van der Waals surface area contributed by atoms with E-state index in [2.05, 4.69) is 15.5 Å². The molecule has 1 rings (SSSR count). The van der Waals surface area contributed by atoms with E-state index in [4.69, 9.17) is 5.26 Å². The Morgan fingerprint density at radius 2 is 1.89 bits per heavy atom. The van der Waals surface area contributed by atoms with Crippen molar-refractivity contribution in [2.24, 2.45) is 11.8 Å². The molecule has 1 aliphatic carbocycles. The lowest BCUT2D eigenvalue weighted by Gasteiger charge is -2.26. The van der Waals surface area contributed by atoms with Gasteiger partial charge >= 0.3 is 0 Å². The maximum atomic E-state index is 11.8.